The second-order valence-corrected chi connectivity index (χ2v) is 9.41. The molecule has 0 spiro atoms. The first-order valence-electron chi connectivity index (χ1n) is 11.2. The van der Waals surface area contributed by atoms with Crippen molar-refractivity contribution in [2.75, 3.05) is 5.32 Å². The van der Waals surface area contributed by atoms with Gasteiger partial charge in [-0.25, -0.2) is 9.78 Å². The van der Waals surface area contributed by atoms with Gasteiger partial charge in [-0.05, 0) is 42.1 Å². The van der Waals surface area contributed by atoms with E-state index in [9.17, 15) is 9.59 Å². The van der Waals surface area contributed by atoms with Crippen LogP contribution in [0.4, 0.5) is 5.69 Å². The van der Waals surface area contributed by atoms with Crippen LogP contribution in [0, 0.1) is 0 Å². The van der Waals surface area contributed by atoms with E-state index in [1.54, 1.807) is 48.6 Å². The Hall–Kier alpha value is -3.74. The molecule has 0 aliphatic rings. The number of fused-ring (bicyclic) bond motifs is 2. The minimum absolute atomic E-state index is 0.317. The summed E-state index contributed by atoms with van der Waals surface area (Å²) in [5.41, 5.74) is 2.62. The molecule has 0 fully saturated rings. The van der Waals surface area contributed by atoms with Crippen LogP contribution < -0.4 is 5.32 Å². The summed E-state index contributed by atoms with van der Waals surface area (Å²) in [4.78, 5) is 31.0. The zero-order valence-corrected chi connectivity index (χ0v) is 20.4. The predicted octanol–water partition coefficient (Wildman–Crippen LogP) is 7.34. The van der Waals surface area contributed by atoms with Gasteiger partial charge in [0, 0.05) is 10.9 Å². The molecule has 0 aliphatic carbocycles. The fraction of sp³-hybridized carbons (Fsp3) is 0.107. The van der Waals surface area contributed by atoms with Crippen LogP contribution in [0.25, 0.3) is 31.6 Å². The van der Waals surface area contributed by atoms with Crippen LogP contribution in [0.5, 0.6) is 0 Å². The maximum absolute atomic E-state index is 13.4. The summed E-state index contributed by atoms with van der Waals surface area (Å²) in [5, 5.41) is 5.63. The number of halogens is 1. The first-order chi connectivity index (χ1) is 17.0. The van der Waals surface area contributed by atoms with Crippen molar-refractivity contribution in [1.29, 1.82) is 0 Å². The lowest BCUT2D eigenvalue weighted by molar-refractivity contribution is -0.124. The van der Waals surface area contributed by atoms with Crippen LogP contribution in [0.3, 0.4) is 0 Å². The number of nitrogens with zero attached hydrogens (tertiary/aromatic N) is 1. The maximum atomic E-state index is 13.4. The van der Waals surface area contributed by atoms with Crippen molar-refractivity contribution in [2.24, 2.45) is 0 Å². The average Bonchev–Trinajstić information content (AvgIpc) is 3.32. The Labute approximate surface area is 211 Å². The number of carbonyl (C=O) groups is 2. The molecular weight excluding hydrogens is 480 g/mol. The number of esters is 1. The molecular formula is C28H21ClN2O3S. The Morgan fingerprint density at radius 1 is 0.971 bits per heavy atom. The quantitative estimate of drug-likeness (QED) is 0.247. The fourth-order valence-electron chi connectivity index (χ4n) is 3.97. The number of carbonyl (C=O) groups excluding carboxylic acids is 2. The van der Waals surface area contributed by atoms with Crippen LogP contribution in [0.15, 0.2) is 84.9 Å². The van der Waals surface area contributed by atoms with Gasteiger partial charge in [-0.2, -0.15) is 0 Å². The summed E-state index contributed by atoms with van der Waals surface area (Å²) >= 11 is 7.73. The van der Waals surface area contributed by atoms with E-state index < -0.39 is 18.0 Å². The summed E-state index contributed by atoms with van der Waals surface area (Å²) in [7, 11) is 0. The Morgan fingerprint density at radius 3 is 2.49 bits per heavy atom. The lowest BCUT2D eigenvalue weighted by Gasteiger charge is -2.18. The first-order valence-corrected chi connectivity index (χ1v) is 12.4. The zero-order chi connectivity index (χ0) is 24.4. The van der Waals surface area contributed by atoms with Crippen molar-refractivity contribution in [3.8, 4) is 10.6 Å². The van der Waals surface area contributed by atoms with Crippen LogP contribution >= 0.6 is 22.9 Å². The smallest absolute Gasteiger partial charge is 0.339 e. The van der Waals surface area contributed by atoms with E-state index in [4.69, 9.17) is 21.3 Å². The van der Waals surface area contributed by atoms with Crippen molar-refractivity contribution in [3.63, 3.8) is 0 Å². The van der Waals surface area contributed by atoms with Crippen LogP contribution in [-0.4, -0.2) is 23.0 Å². The summed E-state index contributed by atoms with van der Waals surface area (Å²) < 4.78 is 6.78. The van der Waals surface area contributed by atoms with Gasteiger partial charge >= 0.3 is 5.97 Å². The third-order valence-electron chi connectivity index (χ3n) is 5.69. The highest BCUT2D eigenvalue weighted by molar-refractivity contribution is 7.21. The molecule has 35 heavy (non-hydrogen) atoms. The zero-order valence-electron chi connectivity index (χ0n) is 18.8. The monoisotopic (exact) mass is 500 g/mol. The second kappa shape index (κ2) is 9.86. The molecule has 5 rings (SSSR count). The van der Waals surface area contributed by atoms with Gasteiger partial charge in [-0.15, -0.1) is 11.3 Å². The van der Waals surface area contributed by atoms with Gasteiger partial charge in [0.15, 0.2) is 6.10 Å². The predicted molar refractivity (Wildman–Crippen MR) is 142 cm³/mol. The summed E-state index contributed by atoms with van der Waals surface area (Å²) in [5.74, 6) is -0.995. The van der Waals surface area contributed by atoms with Crippen LogP contribution in [0.1, 0.15) is 23.7 Å². The van der Waals surface area contributed by atoms with Crippen molar-refractivity contribution < 1.29 is 14.3 Å². The highest BCUT2D eigenvalue weighted by atomic mass is 35.5. The Bertz CT molecular complexity index is 1520. The number of aromatic nitrogens is 1. The van der Waals surface area contributed by atoms with Gasteiger partial charge in [-0.3, -0.25) is 4.79 Å². The molecule has 0 bridgehead atoms. The van der Waals surface area contributed by atoms with E-state index >= 15 is 0 Å². The van der Waals surface area contributed by atoms with E-state index in [0.29, 0.717) is 22.7 Å². The molecule has 0 aliphatic heterocycles. The molecule has 5 aromatic rings. The van der Waals surface area contributed by atoms with E-state index in [2.05, 4.69) is 5.32 Å². The number of anilines is 1. The summed E-state index contributed by atoms with van der Waals surface area (Å²) in [6, 6.07) is 26.2. The first kappa shape index (κ1) is 23.0. The topological polar surface area (TPSA) is 68.3 Å². The van der Waals surface area contributed by atoms with Gasteiger partial charge in [0.25, 0.3) is 5.91 Å². The average molecular weight is 501 g/mol. The van der Waals surface area contributed by atoms with Crippen LogP contribution in [0.2, 0.25) is 5.02 Å². The van der Waals surface area contributed by atoms with E-state index in [-0.39, 0.29) is 0 Å². The molecule has 1 aromatic heterocycles. The largest absolute Gasteiger partial charge is 0.449 e. The minimum Gasteiger partial charge on any atom is -0.449 e. The van der Waals surface area contributed by atoms with Crippen LogP contribution in [-0.2, 0) is 9.53 Å². The second-order valence-electron chi connectivity index (χ2n) is 7.97. The number of thiazole rings is 1. The molecule has 0 saturated heterocycles. The van der Waals surface area contributed by atoms with Crippen molar-refractivity contribution in [1.82, 2.24) is 4.98 Å². The number of ether oxygens (including phenoxy) is 1. The summed E-state index contributed by atoms with van der Waals surface area (Å²) in [6.45, 7) is 1.79. The number of rotatable bonds is 6. The standard InChI is InChI=1S/C28H21ClN2O3S/c1-2-23(26(32)30-21-14-4-3-13-20(21)29)34-28(33)19-12-8-10-17-9-7-11-18(25(17)19)27-31-22-15-5-6-16-24(22)35-27/h3-16,23H,2H2,1H3,(H,30,32). The molecule has 4 aromatic carbocycles. The Morgan fingerprint density at radius 2 is 1.71 bits per heavy atom. The third kappa shape index (κ3) is 4.63. The van der Waals surface area contributed by atoms with E-state index in [1.165, 1.54) is 0 Å². The van der Waals surface area contributed by atoms with Crippen molar-refractivity contribution >= 4 is 61.5 Å². The fourth-order valence-corrected chi connectivity index (χ4v) is 5.15. The normalized spacial score (nSPS) is 11.9. The highest BCUT2D eigenvalue weighted by Gasteiger charge is 2.25. The lowest BCUT2D eigenvalue weighted by Crippen LogP contribution is -2.32. The third-order valence-corrected chi connectivity index (χ3v) is 7.09. The van der Waals surface area contributed by atoms with Gasteiger partial charge in [0.05, 0.1) is 26.5 Å². The van der Waals surface area contributed by atoms with Crippen molar-refractivity contribution in [3.05, 3.63) is 95.5 Å². The lowest BCUT2D eigenvalue weighted by atomic mass is 9.99. The molecule has 174 valence electrons. The molecule has 1 amide bonds. The Kier molecular flexibility index (Phi) is 6.49. The number of para-hydroxylation sites is 2. The molecule has 0 radical (unpaired) electrons. The van der Waals surface area contributed by atoms with E-state index in [0.717, 1.165) is 31.6 Å². The SMILES string of the molecule is CCC(OC(=O)c1cccc2cccc(-c3nc4ccccc4s3)c12)C(=O)Nc1ccccc1Cl. The molecule has 5 nitrogen and oxygen atoms in total. The number of hydrogen-bond donors (Lipinski definition) is 1. The number of benzene rings is 4. The van der Waals surface area contributed by atoms with Gasteiger partial charge in [-0.1, -0.05) is 73.1 Å². The maximum Gasteiger partial charge on any atom is 0.339 e. The molecule has 1 N–H and O–H groups in total. The molecule has 7 heteroatoms. The molecule has 1 unspecified atom stereocenters. The number of nitrogens with one attached hydrogen (secondary N) is 1. The number of amides is 1. The van der Waals surface area contributed by atoms with Crippen molar-refractivity contribution in [2.45, 2.75) is 19.4 Å². The van der Waals surface area contributed by atoms with Gasteiger partial charge in [0.2, 0.25) is 0 Å². The highest BCUT2D eigenvalue weighted by Crippen LogP contribution is 2.36. The summed E-state index contributed by atoms with van der Waals surface area (Å²) in [6.07, 6.45) is -0.652. The molecule has 1 atom stereocenters. The van der Waals surface area contributed by atoms with Gasteiger partial charge in [0.1, 0.15) is 5.01 Å². The minimum atomic E-state index is -0.969. The molecule has 1 heterocycles. The Balaban J connectivity index is 1.48. The number of hydrogen-bond acceptors (Lipinski definition) is 5. The molecule has 0 saturated carbocycles. The van der Waals surface area contributed by atoms with E-state index in [1.807, 2.05) is 54.6 Å². The van der Waals surface area contributed by atoms with Gasteiger partial charge < -0.3 is 10.1 Å².